The molecule has 0 bridgehead atoms. The molecule has 3 aromatic rings. The van der Waals surface area contributed by atoms with E-state index in [-0.39, 0.29) is 12.0 Å². The first-order valence-corrected chi connectivity index (χ1v) is 9.34. The molecule has 0 radical (unpaired) electrons. The molecule has 1 saturated heterocycles. The van der Waals surface area contributed by atoms with E-state index in [1.54, 1.807) is 6.20 Å². The van der Waals surface area contributed by atoms with Crippen LogP contribution >= 0.6 is 0 Å². The molecule has 0 amide bonds. The minimum Gasteiger partial charge on any atom is -0.472 e. The van der Waals surface area contributed by atoms with Gasteiger partial charge in [-0.15, -0.1) is 0 Å². The average molecular weight is 410 g/mol. The van der Waals surface area contributed by atoms with Crippen molar-refractivity contribution in [1.82, 2.24) is 9.97 Å². The third-order valence-corrected chi connectivity index (χ3v) is 4.92. The SMILES string of the molecule is N#Cc1ncc(-c2ccccc2)cc1N1CCC(Oc2ccc(C(F)(F)F)cn2)C1. The van der Waals surface area contributed by atoms with Gasteiger partial charge in [0.25, 0.3) is 0 Å². The van der Waals surface area contributed by atoms with E-state index >= 15 is 0 Å². The molecule has 1 aliphatic rings. The number of aromatic nitrogens is 2. The zero-order valence-corrected chi connectivity index (χ0v) is 15.8. The highest BCUT2D eigenvalue weighted by Gasteiger charge is 2.31. The smallest absolute Gasteiger partial charge is 0.417 e. The van der Waals surface area contributed by atoms with Crippen molar-refractivity contribution >= 4 is 5.69 Å². The summed E-state index contributed by atoms with van der Waals surface area (Å²) in [5.74, 6) is 0.145. The Morgan fingerprint density at radius 2 is 1.83 bits per heavy atom. The predicted octanol–water partition coefficient (Wildman–Crippen LogP) is 4.69. The molecule has 152 valence electrons. The van der Waals surface area contributed by atoms with Crippen molar-refractivity contribution in [2.45, 2.75) is 18.7 Å². The van der Waals surface area contributed by atoms with Crippen LogP contribution in [0, 0.1) is 11.3 Å². The van der Waals surface area contributed by atoms with Crippen LogP contribution in [-0.4, -0.2) is 29.2 Å². The quantitative estimate of drug-likeness (QED) is 0.624. The standard InChI is InChI=1S/C22H17F3N4O/c23-22(24,25)17-6-7-21(28-13-17)30-18-8-9-29(14-18)20-10-16(12-27-19(20)11-26)15-4-2-1-3-5-15/h1-7,10,12-13,18H,8-9,14H2. The van der Waals surface area contributed by atoms with Gasteiger partial charge in [-0.1, -0.05) is 30.3 Å². The highest BCUT2D eigenvalue weighted by atomic mass is 19.4. The summed E-state index contributed by atoms with van der Waals surface area (Å²) in [6, 6.07) is 16.0. The van der Waals surface area contributed by atoms with Crippen molar-refractivity contribution in [1.29, 1.82) is 5.26 Å². The Kier molecular flexibility index (Phi) is 5.27. The summed E-state index contributed by atoms with van der Waals surface area (Å²) < 4.78 is 43.8. The summed E-state index contributed by atoms with van der Waals surface area (Å²) in [4.78, 5) is 10.1. The van der Waals surface area contributed by atoms with E-state index < -0.39 is 11.7 Å². The number of anilines is 1. The molecule has 5 nitrogen and oxygen atoms in total. The van der Waals surface area contributed by atoms with Gasteiger partial charge in [-0.25, -0.2) is 9.97 Å². The normalized spacial score (nSPS) is 16.3. The van der Waals surface area contributed by atoms with Gasteiger partial charge in [0.15, 0.2) is 5.69 Å². The second-order valence-corrected chi connectivity index (χ2v) is 6.93. The predicted molar refractivity (Wildman–Crippen MR) is 105 cm³/mol. The topological polar surface area (TPSA) is 62.0 Å². The van der Waals surface area contributed by atoms with Gasteiger partial charge in [0, 0.05) is 37.0 Å². The summed E-state index contributed by atoms with van der Waals surface area (Å²) in [5.41, 5.74) is 2.12. The number of halogens is 3. The zero-order chi connectivity index (χ0) is 21.1. The van der Waals surface area contributed by atoms with E-state index in [9.17, 15) is 18.4 Å². The number of rotatable bonds is 4. The highest BCUT2D eigenvalue weighted by Crippen LogP contribution is 2.31. The van der Waals surface area contributed by atoms with Crippen LogP contribution in [0.1, 0.15) is 17.7 Å². The van der Waals surface area contributed by atoms with Crippen LogP contribution in [0.4, 0.5) is 18.9 Å². The van der Waals surface area contributed by atoms with E-state index in [0.717, 1.165) is 23.4 Å². The van der Waals surface area contributed by atoms with E-state index in [0.29, 0.717) is 30.9 Å². The molecule has 0 spiro atoms. The monoisotopic (exact) mass is 410 g/mol. The fourth-order valence-corrected chi connectivity index (χ4v) is 3.40. The second-order valence-electron chi connectivity index (χ2n) is 6.93. The molecule has 2 aromatic heterocycles. The maximum absolute atomic E-state index is 12.7. The first-order chi connectivity index (χ1) is 14.4. The number of benzene rings is 1. The van der Waals surface area contributed by atoms with Crippen molar-refractivity contribution in [3.05, 3.63) is 72.2 Å². The van der Waals surface area contributed by atoms with E-state index in [2.05, 4.69) is 16.0 Å². The van der Waals surface area contributed by atoms with Gasteiger partial charge < -0.3 is 9.64 Å². The molecule has 1 atom stereocenters. The maximum Gasteiger partial charge on any atom is 0.417 e. The van der Waals surface area contributed by atoms with Crippen molar-refractivity contribution in [2.24, 2.45) is 0 Å². The lowest BCUT2D eigenvalue weighted by Crippen LogP contribution is -2.25. The van der Waals surface area contributed by atoms with Gasteiger partial charge in [-0.3, -0.25) is 0 Å². The molecule has 0 saturated carbocycles. The van der Waals surface area contributed by atoms with Crippen molar-refractivity contribution in [2.75, 3.05) is 18.0 Å². The van der Waals surface area contributed by atoms with Crippen LogP contribution in [0.2, 0.25) is 0 Å². The van der Waals surface area contributed by atoms with Gasteiger partial charge in [-0.2, -0.15) is 18.4 Å². The lowest BCUT2D eigenvalue weighted by Gasteiger charge is -2.20. The van der Waals surface area contributed by atoms with Crippen LogP contribution < -0.4 is 9.64 Å². The van der Waals surface area contributed by atoms with Crippen molar-refractivity contribution in [3.63, 3.8) is 0 Å². The number of hydrogen-bond acceptors (Lipinski definition) is 5. The van der Waals surface area contributed by atoms with Crippen LogP contribution in [0.25, 0.3) is 11.1 Å². The summed E-state index contributed by atoms with van der Waals surface area (Å²) in [7, 11) is 0. The van der Waals surface area contributed by atoms with Crippen molar-refractivity contribution < 1.29 is 17.9 Å². The third-order valence-electron chi connectivity index (χ3n) is 4.92. The number of pyridine rings is 2. The number of alkyl halides is 3. The Labute approximate surface area is 171 Å². The first-order valence-electron chi connectivity index (χ1n) is 9.34. The van der Waals surface area contributed by atoms with E-state index in [4.69, 9.17) is 4.74 Å². The van der Waals surface area contributed by atoms with Gasteiger partial charge >= 0.3 is 6.18 Å². The van der Waals surface area contributed by atoms with E-state index in [1.165, 1.54) is 6.07 Å². The minimum atomic E-state index is -4.43. The Morgan fingerprint density at radius 1 is 1.03 bits per heavy atom. The molecule has 1 fully saturated rings. The molecule has 0 N–H and O–H groups in total. The first kappa shape index (κ1) is 19.7. The van der Waals surface area contributed by atoms with Gasteiger partial charge in [0.05, 0.1) is 17.8 Å². The molecule has 8 heteroatoms. The van der Waals surface area contributed by atoms with Gasteiger partial charge in [-0.05, 0) is 17.7 Å². The van der Waals surface area contributed by atoms with E-state index in [1.807, 2.05) is 41.3 Å². The number of ether oxygens (including phenoxy) is 1. The van der Waals surface area contributed by atoms with Crippen LogP contribution in [0.3, 0.4) is 0 Å². The summed E-state index contributed by atoms with van der Waals surface area (Å²) >= 11 is 0. The van der Waals surface area contributed by atoms with Crippen LogP contribution in [0.15, 0.2) is 60.9 Å². The third kappa shape index (κ3) is 4.20. The fraction of sp³-hybridized carbons (Fsp3) is 0.227. The summed E-state index contributed by atoms with van der Waals surface area (Å²) in [6.45, 7) is 1.12. The average Bonchev–Trinajstić information content (AvgIpc) is 3.22. The molecular weight excluding hydrogens is 393 g/mol. The van der Waals surface area contributed by atoms with Gasteiger partial charge in [0.1, 0.15) is 12.2 Å². The molecule has 3 heterocycles. The van der Waals surface area contributed by atoms with Crippen LogP contribution in [0.5, 0.6) is 5.88 Å². The van der Waals surface area contributed by atoms with Crippen molar-refractivity contribution in [3.8, 4) is 23.1 Å². The Bertz CT molecular complexity index is 1060. The second kappa shape index (κ2) is 8.03. The number of nitrogens with zero attached hydrogens (tertiary/aromatic N) is 4. The Balaban J connectivity index is 1.49. The molecule has 0 aliphatic carbocycles. The van der Waals surface area contributed by atoms with Gasteiger partial charge in [0.2, 0.25) is 5.88 Å². The summed E-state index contributed by atoms with van der Waals surface area (Å²) in [6.07, 6.45) is -1.58. The molecule has 1 aromatic carbocycles. The Hall–Kier alpha value is -3.60. The molecule has 4 rings (SSSR count). The summed E-state index contributed by atoms with van der Waals surface area (Å²) in [5, 5.41) is 9.46. The largest absolute Gasteiger partial charge is 0.472 e. The highest BCUT2D eigenvalue weighted by molar-refractivity contribution is 5.70. The molecule has 30 heavy (non-hydrogen) atoms. The lowest BCUT2D eigenvalue weighted by molar-refractivity contribution is -0.137. The molecule has 1 aliphatic heterocycles. The minimum absolute atomic E-state index is 0.145. The molecular formula is C22H17F3N4O. The Morgan fingerprint density at radius 3 is 2.50 bits per heavy atom. The maximum atomic E-state index is 12.7. The number of hydrogen-bond donors (Lipinski definition) is 0. The fourth-order valence-electron chi connectivity index (χ4n) is 3.40. The zero-order valence-electron chi connectivity index (χ0n) is 15.8. The molecule has 1 unspecified atom stereocenters. The number of nitriles is 1. The van der Waals surface area contributed by atoms with Crippen LogP contribution in [-0.2, 0) is 6.18 Å². The lowest BCUT2D eigenvalue weighted by atomic mass is 10.1.